The minimum absolute atomic E-state index is 0.203. The Labute approximate surface area is 72.5 Å². The molecule has 2 atom stereocenters. The number of hydrogen-bond donors (Lipinski definition) is 4. The molecule has 0 aromatic carbocycles. The molecule has 12 heavy (non-hydrogen) atoms. The van der Waals surface area contributed by atoms with Crippen molar-refractivity contribution < 1.29 is 20.4 Å². The highest BCUT2D eigenvalue weighted by molar-refractivity contribution is 4.97. The molecule has 0 aliphatic carbocycles. The summed E-state index contributed by atoms with van der Waals surface area (Å²) >= 11 is 0. The van der Waals surface area contributed by atoms with Gasteiger partial charge in [-0.1, -0.05) is 13.8 Å². The fraction of sp³-hybridized carbons (Fsp3) is 1.00. The first kappa shape index (κ1) is 11.8. The Morgan fingerprint density at radius 3 is 1.17 bits per heavy atom. The summed E-state index contributed by atoms with van der Waals surface area (Å²) in [4.78, 5) is 0. The molecule has 0 rings (SSSR count). The minimum Gasteiger partial charge on any atom is -0.393 e. The molecule has 4 nitrogen and oxygen atoms in total. The van der Waals surface area contributed by atoms with Crippen molar-refractivity contribution in [3.63, 3.8) is 0 Å². The van der Waals surface area contributed by atoms with Gasteiger partial charge in [-0.15, -0.1) is 0 Å². The van der Waals surface area contributed by atoms with Crippen LogP contribution in [0.4, 0.5) is 0 Å². The summed E-state index contributed by atoms with van der Waals surface area (Å²) in [6.07, 6.45) is 0.406. The predicted molar refractivity (Wildman–Crippen MR) is 44.7 cm³/mol. The zero-order valence-corrected chi connectivity index (χ0v) is 7.62. The van der Waals surface area contributed by atoms with Crippen LogP contribution in [0, 0.1) is 0 Å². The van der Waals surface area contributed by atoms with E-state index in [1.54, 1.807) is 13.8 Å². The second-order valence-electron chi connectivity index (χ2n) is 3.09. The third-order valence-electron chi connectivity index (χ3n) is 2.56. The van der Waals surface area contributed by atoms with Crippen molar-refractivity contribution in [1.82, 2.24) is 0 Å². The molecule has 74 valence electrons. The summed E-state index contributed by atoms with van der Waals surface area (Å²) < 4.78 is 0. The maximum atomic E-state index is 9.69. The van der Waals surface area contributed by atoms with Gasteiger partial charge in [-0.3, -0.25) is 0 Å². The largest absolute Gasteiger partial charge is 0.393 e. The van der Waals surface area contributed by atoms with Crippen molar-refractivity contribution in [2.24, 2.45) is 0 Å². The molecule has 4 heteroatoms. The summed E-state index contributed by atoms with van der Waals surface area (Å²) in [6, 6.07) is 0. The lowest BCUT2D eigenvalue weighted by Gasteiger charge is -2.40. The van der Waals surface area contributed by atoms with Crippen LogP contribution in [0.25, 0.3) is 0 Å². The normalized spacial score (nSPS) is 21.5. The molecule has 0 heterocycles. The van der Waals surface area contributed by atoms with Gasteiger partial charge in [-0.25, -0.2) is 0 Å². The lowest BCUT2D eigenvalue weighted by molar-refractivity contribution is -0.192. The van der Waals surface area contributed by atoms with Gasteiger partial charge in [0.2, 0.25) is 0 Å². The van der Waals surface area contributed by atoms with E-state index in [0.717, 1.165) is 0 Å². The van der Waals surface area contributed by atoms with Crippen LogP contribution in [0.3, 0.4) is 0 Å². The van der Waals surface area contributed by atoms with E-state index in [-0.39, 0.29) is 12.8 Å². The molecule has 0 saturated carbocycles. The zero-order valence-electron chi connectivity index (χ0n) is 7.62. The third kappa shape index (κ3) is 1.77. The van der Waals surface area contributed by atoms with Crippen molar-refractivity contribution in [2.75, 3.05) is 13.2 Å². The Morgan fingerprint density at radius 2 is 1.08 bits per heavy atom. The molecule has 0 amide bonds. The molecule has 0 aromatic heterocycles. The number of aliphatic hydroxyl groups is 4. The van der Waals surface area contributed by atoms with E-state index >= 15 is 0 Å². The first-order valence-corrected chi connectivity index (χ1v) is 4.16. The van der Waals surface area contributed by atoms with E-state index < -0.39 is 24.4 Å². The molecular weight excluding hydrogens is 160 g/mol. The van der Waals surface area contributed by atoms with Gasteiger partial charge >= 0.3 is 0 Å². The molecular formula is C8H18O4. The molecule has 0 bridgehead atoms. The van der Waals surface area contributed by atoms with Crippen molar-refractivity contribution >= 4 is 0 Å². The molecule has 0 aromatic rings. The topological polar surface area (TPSA) is 80.9 Å². The second kappa shape index (κ2) is 4.18. The quantitative estimate of drug-likeness (QED) is 0.446. The zero-order chi connectivity index (χ0) is 9.83. The average molecular weight is 178 g/mol. The van der Waals surface area contributed by atoms with Gasteiger partial charge in [0, 0.05) is 0 Å². The Hall–Kier alpha value is -0.160. The highest BCUT2D eigenvalue weighted by atomic mass is 16.4. The average Bonchev–Trinajstić information content (AvgIpc) is 2.15. The maximum absolute atomic E-state index is 9.69. The summed E-state index contributed by atoms with van der Waals surface area (Å²) in [6.45, 7) is 2.20. The van der Waals surface area contributed by atoms with Crippen LogP contribution in [-0.4, -0.2) is 44.8 Å². The van der Waals surface area contributed by atoms with E-state index in [0.29, 0.717) is 0 Å². The molecule has 0 fully saturated rings. The first-order valence-electron chi connectivity index (χ1n) is 4.16. The van der Waals surface area contributed by atoms with Crippen LogP contribution in [0.1, 0.15) is 26.7 Å². The summed E-state index contributed by atoms with van der Waals surface area (Å²) in [5, 5.41) is 37.1. The fourth-order valence-corrected chi connectivity index (χ4v) is 1.18. The predicted octanol–water partition coefficient (Wildman–Crippen LogP) is -0.747. The van der Waals surface area contributed by atoms with Gasteiger partial charge < -0.3 is 20.4 Å². The molecule has 4 N–H and O–H groups in total. The minimum atomic E-state index is -1.60. The van der Waals surface area contributed by atoms with Crippen molar-refractivity contribution in [2.45, 2.75) is 37.9 Å². The van der Waals surface area contributed by atoms with Gasteiger partial charge in [-0.05, 0) is 12.8 Å². The summed E-state index contributed by atoms with van der Waals surface area (Å²) in [7, 11) is 0. The third-order valence-corrected chi connectivity index (χ3v) is 2.56. The van der Waals surface area contributed by atoms with Crippen LogP contribution in [0.2, 0.25) is 0 Å². The van der Waals surface area contributed by atoms with Gasteiger partial charge in [0.05, 0.1) is 13.2 Å². The molecule has 0 saturated heterocycles. The Bertz CT molecular complexity index is 111. The van der Waals surface area contributed by atoms with Crippen molar-refractivity contribution in [3.05, 3.63) is 0 Å². The number of aliphatic hydroxyl groups excluding tert-OH is 2. The van der Waals surface area contributed by atoms with Crippen molar-refractivity contribution in [3.8, 4) is 0 Å². The van der Waals surface area contributed by atoms with Gasteiger partial charge in [0.25, 0.3) is 0 Å². The molecule has 0 spiro atoms. The van der Waals surface area contributed by atoms with Crippen LogP contribution < -0.4 is 0 Å². The van der Waals surface area contributed by atoms with Crippen LogP contribution in [-0.2, 0) is 0 Å². The Morgan fingerprint density at radius 1 is 0.833 bits per heavy atom. The van der Waals surface area contributed by atoms with Crippen molar-refractivity contribution in [1.29, 1.82) is 0 Å². The Kier molecular flexibility index (Phi) is 4.13. The number of rotatable bonds is 5. The van der Waals surface area contributed by atoms with E-state index in [4.69, 9.17) is 10.2 Å². The maximum Gasteiger partial charge on any atom is 0.118 e. The van der Waals surface area contributed by atoms with Crippen LogP contribution in [0.15, 0.2) is 0 Å². The SMILES string of the molecule is CC[C@@](O)(CO)[C@@](O)(CC)CO. The van der Waals surface area contributed by atoms with Crippen LogP contribution >= 0.6 is 0 Å². The first-order chi connectivity index (χ1) is 5.49. The lowest BCUT2D eigenvalue weighted by Crippen LogP contribution is -2.58. The molecule has 0 aliphatic rings. The second-order valence-corrected chi connectivity index (χ2v) is 3.09. The standard InChI is InChI=1S/C8H18O4/c1-3-7(11,5-9)8(12,4-2)6-10/h9-12H,3-6H2,1-2H3/t7-,8-/m1/s1. The smallest absolute Gasteiger partial charge is 0.118 e. The summed E-state index contributed by atoms with van der Waals surface area (Å²) in [5.41, 5.74) is -3.20. The van der Waals surface area contributed by atoms with E-state index in [1.807, 2.05) is 0 Å². The number of hydrogen-bond acceptors (Lipinski definition) is 4. The monoisotopic (exact) mass is 178 g/mol. The van der Waals surface area contributed by atoms with Gasteiger partial charge in [0.1, 0.15) is 11.2 Å². The molecule has 0 unspecified atom stereocenters. The molecule has 0 radical (unpaired) electrons. The van der Waals surface area contributed by atoms with E-state index in [9.17, 15) is 10.2 Å². The lowest BCUT2D eigenvalue weighted by atomic mass is 9.80. The van der Waals surface area contributed by atoms with E-state index in [2.05, 4.69) is 0 Å². The summed E-state index contributed by atoms with van der Waals surface area (Å²) in [5.74, 6) is 0. The molecule has 0 aliphatic heterocycles. The van der Waals surface area contributed by atoms with Crippen LogP contribution in [0.5, 0.6) is 0 Å². The highest BCUT2D eigenvalue weighted by Crippen LogP contribution is 2.28. The highest BCUT2D eigenvalue weighted by Gasteiger charge is 2.45. The van der Waals surface area contributed by atoms with Gasteiger partial charge in [0.15, 0.2) is 0 Å². The fourth-order valence-electron chi connectivity index (χ4n) is 1.18. The Balaban J connectivity index is 4.66. The van der Waals surface area contributed by atoms with Gasteiger partial charge in [-0.2, -0.15) is 0 Å². The van der Waals surface area contributed by atoms with E-state index in [1.165, 1.54) is 0 Å².